The number of rotatable bonds is 3. The van der Waals surface area contributed by atoms with Crippen molar-refractivity contribution >= 4 is 44.1 Å². The smallest absolute Gasteiger partial charge is 0.338 e. The van der Waals surface area contributed by atoms with Crippen LogP contribution in [-0.4, -0.2) is 17.0 Å². The number of aromatic carboxylic acids is 1. The van der Waals surface area contributed by atoms with Gasteiger partial charge in [0.05, 0.1) is 5.56 Å². The van der Waals surface area contributed by atoms with Gasteiger partial charge in [0.25, 0.3) is 5.91 Å². The first-order valence-electron chi connectivity index (χ1n) is 5.36. The summed E-state index contributed by atoms with van der Waals surface area (Å²) in [5.41, 5.74) is 1.53. The molecule has 6 heteroatoms. The SMILES string of the molecule is Cc1cc(Br)cc(C(=O)Nc2sccc2C(=O)O)c1. The van der Waals surface area contributed by atoms with Crippen LogP contribution in [0.2, 0.25) is 0 Å². The molecule has 0 saturated heterocycles. The summed E-state index contributed by atoms with van der Waals surface area (Å²) in [7, 11) is 0. The van der Waals surface area contributed by atoms with E-state index in [-0.39, 0.29) is 11.5 Å². The van der Waals surface area contributed by atoms with Gasteiger partial charge in [-0.1, -0.05) is 15.9 Å². The highest BCUT2D eigenvalue weighted by atomic mass is 79.9. The molecule has 1 aromatic carbocycles. The van der Waals surface area contributed by atoms with Gasteiger partial charge in [0.2, 0.25) is 0 Å². The Morgan fingerprint density at radius 2 is 2.05 bits per heavy atom. The van der Waals surface area contributed by atoms with Gasteiger partial charge in [-0.2, -0.15) is 0 Å². The third-order valence-corrected chi connectivity index (χ3v) is 3.71. The third-order valence-electron chi connectivity index (χ3n) is 2.43. The number of thiophene rings is 1. The molecule has 2 rings (SSSR count). The average Bonchev–Trinajstić information content (AvgIpc) is 2.75. The van der Waals surface area contributed by atoms with Crippen molar-refractivity contribution in [3.05, 3.63) is 50.8 Å². The molecule has 1 heterocycles. The van der Waals surface area contributed by atoms with Crippen molar-refractivity contribution < 1.29 is 14.7 Å². The van der Waals surface area contributed by atoms with Crippen LogP contribution in [0.25, 0.3) is 0 Å². The predicted molar refractivity (Wildman–Crippen MR) is 78.1 cm³/mol. The van der Waals surface area contributed by atoms with Crippen LogP contribution in [-0.2, 0) is 0 Å². The molecule has 0 aliphatic heterocycles. The normalized spacial score (nSPS) is 10.2. The van der Waals surface area contributed by atoms with Crippen LogP contribution in [0.5, 0.6) is 0 Å². The number of hydrogen-bond donors (Lipinski definition) is 2. The van der Waals surface area contributed by atoms with Gasteiger partial charge in [0.15, 0.2) is 0 Å². The van der Waals surface area contributed by atoms with Crippen LogP contribution in [0.15, 0.2) is 34.1 Å². The first-order chi connectivity index (χ1) is 8.97. The Kier molecular flexibility index (Phi) is 4.01. The molecular formula is C13H10BrNO3S. The van der Waals surface area contributed by atoms with E-state index in [4.69, 9.17) is 5.11 Å². The Hall–Kier alpha value is -1.66. The van der Waals surface area contributed by atoms with Crippen molar-refractivity contribution in [2.45, 2.75) is 6.92 Å². The second kappa shape index (κ2) is 5.54. The summed E-state index contributed by atoms with van der Waals surface area (Å²) in [5.74, 6) is -1.38. The van der Waals surface area contributed by atoms with Gasteiger partial charge >= 0.3 is 5.97 Å². The highest BCUT2D eigenvalue weighted by molar-refractivity contribution is 9.10. The second-order valence-electron chi connectivity index (χ2n) is 3.94. The minimum absolute atomic E-state index is 0.102. The summed E-state index contributed by atoms with van der Waals surface area (Å²) in [5, 5.41) is 13.6. The Bertz CT molecular complexity index is 631. The van der Waals surface area contributed by atoms with E-state index in [1.54, 1.807) is 17.5 Å². The van der Waals surface area contributed by atoms with Crippen molar-refractivity contribution in [2.75, 3.05) is 5.32 Å². The number of hydrogen-bond acceptors (Lipinski definition) is 3. The molecular weight excluding hydrogens is 330 g/mol. The number of amides is 1. The molecule has 4 nitrogen and oxygen atoms in total. The lowest BCUT2D eigenvalue weighted by molar-refractivity contribution is 0.0698. The molecule has 0 saturated carbocycles. The van der Waals surface area contributed by atoms with Crippen molar-refractivity contribution in [3.8, 4) is 0 Å². The van der Waals surface area contributed by atoms with E-state index in [0.29, 0.717) is 10.6 Å². The van der Waals surface area contributed by atoms with Crippen molar-refractivity contribution in [1.29, 1.82) is 0 Å². The molecule has 0 spiro atoms. The summed E-state index contributed by atoms with van der Waals surface area (Å²) in [6, 6.07) is 6.80. The number of aryl methyl sites for hydroxylation is 1. The monoisotopic (exact) mass is 339 g/mol. The highest BCUT2D eigenvalue weighted by Crippen LogP contribution is 2.24. The molecule has 0 atom stereocenters. The molecule has 2 aromatic rings. The van der Waals surface area contributed by atoms with E-state index >= 15 is 0 Å². The quantitative estimate of drug-likeness (QED) is 0.894. The van der Waals surface area contributed by atoms with E-state index in [9.17, 15) is 9.59 Å². The number of carboxylic acids is 1. The van der Waals surface area contributed by atoms with Crippen LogP contribution < -0.4 is 5.32 Å². The molecule has 0 aliphatic rings. The fourth-order valence-corrected chi connectivity index (χ4v) is 3.00. The number of anilines is 1. The van der Waals surface area contributed by atoms with Crippen LogP contribution in [0.4, 0.5) is 5.00 Å². The molecule has 0 bridgehead atoms. The molecule has 0 unspecified atom stereocenters. The summed E-state index contributed by atoms with van der Waals surface area (Å²) < 4.78 is 0.808. The maximum absolute atomic E-state index is 12.1. The molecule has 1 amide bonds. The lowest BCUT2D eigenvalue weighted by Crippen LogP contribution is -2.13. The third kappa shape index (κ3) is 3.21. The fourth-order valence-electron chi connectivity index (χ4n) is 1.62. The van der Waals surface area contributed by atoms with E-state index in [2.05, 4.69) is 21.2 Å². The zero-order valence-electron chi connectivity index (χ0n) is 9.94. The Balaban J connectivity index is 2.25. The molecule has 98 valence electrons. The van der Waals surface area contributed by atoms with Crippen molar-refractivity contribution in [3.63, 3.8) is 0 Å². The van der Waals surface area contributed by atoms with Gasteiger partial charge < -0.3 is 10.4 Å². The van der Waals surface area contributed by atoms with Gasteiger partial charge in [0.1, 0.15) is 5.00 Å². The first kappa shape index (κ1) is 13.8. The van der Waals surface area contributed by atoms with Gasteiger partial charge in [-0.25, -0.2) is 4.79 Å². The number of benzene rings is 1. The van der Waals surface area contributed by atoms with Gasteiger partial charge in [-0.05, 0) is 42.1 Å². The molecule has 19 heavy (non-hydrogen) atoms. The Morgan fingerprint density at radius 1 is 1.32 bits per heavy atom. The number of halogens is 1. The van der Waals surface area contributed by atoms with Crippen molar-refractivity contribution in [2.24, 2.45) is 0 Å². The van der Waals surface area contributed by atoms with Gasteiger partial charge in [0, 0.05) is 10.0 Å². The fraction of sp³-hybridized carbons (Fsp3) is 0.0769. The number of carboxylic acid groups (broad SMARTS) is 1. The molecule has 0 aliphatic carbocycles. The van der Waals surface area contributed by atoms with Gasteiger partial charge in [-0.3, -0.25) is 4.79 Å². The largest absolute Gasteiger partial charge is 0.478 e. The number of carbonyl (C=O) groups is 2. The van der Waals surface area contributed by atoms with E-state index in [1.807, 2.05) is 13.0 Å². The van der Waals surface area contributed by atoms with Crippen LogP contribution in [0, 0.1) is 6.92 Å². The van der Waals surface area contributed by atoms with E-state index in [0.717, 1.165) is 10.0 Å². The number of nitrogens with one attached hydrogen (secondary N) is 1. The zero-order valence-corrected chi connectivity index (χ0v) is 12.3. The predicted octanol–water partition coefficient (Wildman–Crippen LogP) is 3.77. The Morgan fingerprint density at radius 3 is 2.68 bits per heavy atom. The topological polar surface area (TPSA) is 66.4 Å². The van der Waals surface area contributed by atoms with Crippen molar-refractivity contribution in [1.82, 2.24) is 0 Å². The first-order valence-corrected chi connectivity index (χ1v) is 7.04. The van der Waals surface area contributed by atoms with E-state index in [1.165, 1.54) is 17.4 Å². The van der Waals surface area contributed by atoms with Crippen LogP contribution in [0.1, 0.15) is 26.3 Å². The summed E-state index contributed by atoms with van der Waals surface area (Å²) >= 11 is 4.51. The maximum atomic E-state index is 12.1. The second-order valence-corrected chi connectivity index (χ2v) is 5.77. The van der Waals surface area contributed by atoms with Gasteiger partial charge in [-0.15, -0.1) is 11.3 Å². The Labute approximate surface area is 122 Å². The molecule has 0 radical (unpaired) electrons. The minimum atomic E-state index is -1.05. The van der Waals surface area contributed by atoms with Crippen LogP contribution >= 0.6 is 27.3 Å². The molecule has 2 N–H and O–H groups in total. The standard InChI is InChI=1S/C13H10BrNO3S/c1-7-4-8(6-9(14)5-7)11(16)15-12-10(13(17)18)2-3-19-12/h2-6H,1H3,(H,15,16)(H,17,18). The minimum Gasteiger partial charge on any atom is -0.478 e. The lowest BCUT2D eigenvalue weighted by Gasteiger charge is -2.06. The summed E-state index contributed by atoms with van der Waals surface area (Å²) in [4.78, 5) is 23.0. The molecule has 0 fully saturated rings. The van der Waals surface area contributed by atoms with E-state index < -0.39 is 5.97 Å². The maximum Gasteiger partial charge on any atom is 0.338 e. The lowest BCUT2D eigenvalue weighted by atomic mass is 10.1. The number of carbonyl (C=O) groups excluding carboxylic acids is 1. The summed E-state index contributed by atoms with van der Waals surface area (Å²) in [6.45, 7) is 1.88. The van der Waals surface area contributed by atoms with Crippen LogP contribution in [0.3, 0.4) is 0 Å². The summed E-state index contributed by atoms with van der Waals surface area (Å²) in [6.07, 6.45) is 0. The highest BCUT2D eigenvalue weighted by Gasteiger charge is 2.15. The molecule has 1 aromatic heterocycles. The zero-order chi connectivity index (χ0) is 14.0. The average molecular weight is 340 g/mol.